The number of anilines is 1. The Morgan fingerprint density at radius 1 is 1.07 bits per heavy atom. The molecule has 0 bridgehead atoms. The standard InChI is InChI=1S/C21H24N6O3/c1-21(2,3)15-12-26-16-17(24(4)20(30)25(5)18(16)29)22-19(26)27(23-15)11-14(28)13-9-7-6-8-10-13/h6-10H,11-12H2,1-5H3. The molecule has 30 heavy (non-hydrogen) atoms. The molecule has 0 unspecified atom stereocenters. The van der Waals surface area contributed by atoms with Crippen molar-refractivity contribution in [3.63, 3.8) is 0 Å². The molecule has 0 fully saturated rings. The van der Waals surface area contributed by atoms with Crippen LogP contribution < -0.4 is 16.3 Å². The first-order chi connectivity index (χ1) is 14.1. The molecule has 0 amide bonds. The smallest absolute Gasteiger partial charge is 0.297 e. The first-order valence-corrected chi connectivity index (χ1v) is 9.69. The zero-order valence-electron chi connectivity index (χ0n) is 17.7. The van der Waals surface area contributed by atoms with Crippen LogP contribution in [0.25, 0.3) is 11.2 Å². The molecule has 4 rings (SSSR count). The van der Waals surface area contributed by atoms with Crippen molar-refractivity contribution in [2.24, 2.45) is 24.6 Å². The molecule has 9 heteroatoms. The number of aromatic nitrogens is 4. The van der Waals surface area contributed by atoms with Crippen LogP contribution in [0.2, 0.25) is 0 Å². The third kappa shape index (κ3) is 3.06. The second-order valence-electron chi connectivity index (χ2n) is 8.52. The summed E-state index contributed by atoms with van der Waals surface area (Å²) in [5.74, 6) is 0.260. The fraction of sp³-hybridized carbons (Fsp3) is 0.381. The lowest BCUT2D eigenvalue weighted by molar-refractivity contribution is 0.0998. The monoisotopic (exact) mass is 408 g/mol. The van der Waals surface area contributed by atoms with Crippen LogP contribution in [0.15, 0.2) is 45.0 Å². The van der Waals surface area contributed by atoms with Gasteiger partial charge >= 0.3 is 5.69 Å². The van der Waals surface area contributed by atoms with E-state index in [1.165, 1.54) is 16.6 Å². The van der Waals surface area contributed by atoms with Crippen molar-refractivity contribution < 1.29 is 4.79 Å². The van der Waals surface area contributed by atoms with Crippen LogP contribution in [0, 0.1) is 5.41 Å². The number of Topliss-reactive ketones (excluding diaryl/α,β-unsaturated/α-hetero) is 1. The van der Waals surface area contributed by atoms with Gasteiger partial charge in [0.05, 0.1) is 12.3 Å². The molecule has 1 aliphatic heterocycles. The lowest BCUT2D eigenvalue weighted by Crippen LogP contribution is -2.40. The third-order valence-electron chi connectivity index (χ3n) is 5.36. The number of fused-ring (bicyclic) bond motifs is 3. The number of imidazole rings is 1. The highest BCUT2D eigenvalue weighted by molar-refractivity contribution is 6.00. The number of nitrogens with zero attached hydrogens (tertiary/aromatic N) is 6. The van der Waals surface area contributed by atoms with E-state index >= 15 is 0 Å². The minimum atomic E-state index is -0.452. The summed E-state index contributed by atoms with van der Waals surface area (Å²) < 4.78 is 4.16. The lowest BCUT2D eigenvalue weighted by Gasteiger charge is -2.31. The first-order valence-electron chi connectivity index (χ1n) is 9.69. The van der Waals surface area contributed by atoms with Gasteiger partial charge in [-0.3, -0.25) is 23.3 Å². The molecular weight excluding hydrogens is 384 g/mol. The van der Waals surface area contributed by atoms with Crippen LogP contribution in [0.5, 0.6) is 0 Å². The minimum Gasteiger partial charge on any atom is -0.297 e. The Hall–Kier alpha value is -3.49. The molecule has 0 atom stereocenters. The predicted octanol–water partition coefficient (Wildman–Crippen LogP) is 1.54. The van der Waals surface area contributed by atoms with Gasteiger partial charge in [-0.2, -0.15) is 10.1 Å². The second-order valence-corrected chi connectivity index (χ2v) is 8.52. The van der Waals surface area contributed by atoms with Gasteiger partial charge < -0.3 is 0 Å². The number of hydrazone groups is 1. The maximum atomic E-state index is 12.9. The van der Waals surface area contributed by atoms with E-state index in [0.717, 1.165) is 10.3 Å². The summed E-state index contributed by atoms with van der Waals surface area (Å²) in [5, 5.41) is 6.24. The van der Waals surface area contributed by atoms with Crippen LogP contribution in [0.4, 0.5) is 5.95 Å². The summed E-state index contributed by atoms with van der Waals surface area (Å²) in [4.78, 5) is 42.7. The molecule has 3 aromatic rings. The van der Waals surface area contributed by atoms with E-state index in [9.17, 15) is 14.4 Å². The van der Waals surface area contributed by atoms with Gasteiger partial charge in [0.25, 0.3) is 5.56 Å². The van der Waals surface area contributed by atoms with Gasteiger partial charge in [0.1, 0.15) is 6.54 Å². The van der Waals surface area contributed by atoms with E-state index in [1.807, 2.05) is 39.0 Å². The molecule has 1 aromatic carbocycles. The van der Waals surface area contributed by atoms with Gasteiger partial charge in [-0.1, -0.05) is 51.1 Å². The molecule has 2 aromatic heterocycles. The Balaban J connectivity index is 1.91. The van der Waals surface area contributed by atoms with Crippen molar-refractivity contribution in [3.8, 4) is 0 Å². The van der Waals surface area contributed by atoms with E-state index in [0.29, 0.717) is 23.6 Å². The van der Waals surface area contributed by atoms with Crippen molar-refractivity contribution in [2.45, 2.75) is 27.3 Å². The molecule has 0 N–H and O–H groups in total. The first kappa shape index (κ1) is 19.8. The van der Waals surface area contributed by atoms with Crippen LogP contribution in [0.1, 0.15) is 31.1 Å². The predicted molar refractivity (Wildman–Crippen MR) is 115 cm³/mol. The normalized spacial score (nSPS) is 14.0. The van der Waals surface area contributed by atoms with Gasteiger partial charge in [-0.05, 0) is 0 Å². The van der Waals surface area contributed by atoms with Crippen LogP contribution in [-0.4, -0.2) is 36.7 Å². The minimum absolute atomic E-state index is 0.0266. The third-order valence-corrected chi connectivity index (χ3v) is 5.36. The van der Waals surface area contributed by atoms with Gasteiger partial charge in [0.15, 0.2) is 16.9 Å². The average Bonchev–Trinajstić information content (AvgIpc) is 3.10. The highest BCUT2D eigenvalue weighted by Gasteiger charge is 2.32. The quantitative estimate of drug-likeness (QED) is 0.613. The lowest BCUT2D eigenvalue weighted by atomic mass is 9.89. The van der Waals surface area contributed by atoms with Crippen molar-refractivity contribution in [1.29, 1.82) is 0 Å². The van der Waals surface area contributed by atoms with Crippen molar-refractivity contribution in [3.05, 3.63) is 56.7 Å². The number of benzene rings is 1. The molecule has 0 saturated carbocycles. The fourth-order valence-electron chi connectivity index (χ4n) is 3.50. The Labute approximate surface area is 172 Å². The largest absolute Gasteiger partial charge is 0.332 e. The molecule has 3 heterocycles. The van der Waals surface area contributed by atoms with E-state index < -0.39 is 11.2 Å². The summed E-state index contributed by atoms with van der Waals surface area (Å²) in [7, 11) is 3.02. The zero-order valence-corrected chi connectivity index (χ0v) is 17.7. The van der Waals surface area contributed by atoms with Gasteiger partial charge in [0, 0.05) is 25.1 Å². The number of rotatable bonds is 3. The molecule has 0 saturated heterocycles. The van der Waals surface area contributed by atoms with Crippen LogP contribution in [0.3, 0.4) is 0 Å². The average molecular weight is 408 g/mol. The van der Waals surface area contributed by atoms with Crippen LogP contribution in [-0.2, 0) is 20.6 Å². The molecule has 1 aliphatic rings. The highest BCUT2D eigenvalue weighted by Crippen LogP contribution is 2.29. The number of carbonyl (C=O) groups is 1. The van der Waals surface area contributed by atoms with Crippen LogP contribution >= 0.6 is 0 Å². The summed E-state index contributed by atoms with van der Waals surface area (Å²) in [5.41, 5.74) is 0.827. The molecule has 156 valence electrons. The van der Waals surface area contributed by atoms with Gasteiger partial charge in [-0.25, -0.2) is 9.80 Å². The summed E-state index contributed by atoms with van der Waals surface area (Å²) >= 11 is 0. The Morgan fingerprint density at radius 3 is 2.37 bits per heavy atom. The summed E-state index contributed by atoms with van der Waals surface area (Å²) in [6.07, 6.45) is 0. The van der Waals surface area contributed by atoms with E-state index in [-0.39, 0.29) is 23.4 Å². The van der Waals surface area contributed by atoms with Crippen molar-refractivity contribution >= 4 is 28.6 Å². The molecular formula is C21H24N6O3. The highest BCUT2D eigenvalue weighted by atomic mass is 16.2. The summed E-state index contributed by atoms with van der Waals surface area (Å²) in [6.45, 7) is 6.42. The van der Waals surface area contributed by atoms with Crippen molar-refractivity contribution in [1.82, 2.24) is 18.7 Å². The second kappa shape index (κ2) is 6.79. The maximum absolute atomic E-state index is 12.9. The van der Waals surface area contributed by atoms with Crippen molar-refractivity contribution in [2.75, 3.05) is 11.6 Å². The topological polar surface area (TPSA) is 94.5 Å². The number of hydrogen-bond donors (Lipinski definition) is 0. The van der Waals surface area contributed by atoms with E-state index in [1.54, 1.807) is 23.7 Å². The Bertz CT molecular complexity index is 1300. The Kier molecular flexibility index (Phi) is 4.48. The van der Waals surface area contributed by atoms with E-state index in [2.05, 4.69) is 4.98 Å². The molecule has 0 spiro atoms. The summed E-state index contributed by atoms with van der Waals surface area (Å²) in [6, 6.07) is 8.97. The SMILES string of the molecule is Cn1c(=O)c2c(nc3n2CC(C(C)(C)C)=NN3CC(=O)c2ccccc2)n(C)c1=O. The molecule has 0 aliphatic carbocycles. The zero-order chi connectivity index (χ0) is 21.8. The maximum Gasteiger partial charge on any atom is 0.332 e. The number of aryl methyl sites for hydroxylation is 1. The molecule has 0 radical (unpaired) electrons. The number of carbonyl (C=O) groups excluding carboxylic acids is 1. The number of ketones is 1. The number of hydrogen-bond acceptors (Lipinski definition) is 6. The van der Waals surface area contributed by atoms with Gasteiger partial charge in [-0.15, -0.1) is 0 Å². The molecule has 9 nitrogen and oxygen atoms in total. The fourth-order valence-corrected chi connectivity index (χ4v) is 3.50. The Morgan fingerprint density at radius 2 is 1.73 bits per heavy atom. The van der Waals surface area contributed by atoms with Gasteiger partial charge in [0.2, 0.25) is 5.95 Å². The van der Waals surface area contributed by atoms with E-state index in [4.69, 9.17) is 5.10 Å².